The number of allylic oxidation sites excluding steroid dienone is 1. The summed E-state index contributed by atoms with van der Waals surface area (Å²) in [5, 5.41) is 2.00. The first kappa shape index (κ1) is 9.60. The van der Waals surface area contributed by atoms with Crippen molar-refractivity contribution >= 4 is 38.2 Å². The molecule has 0 aromatic heterocycles. The van der Waals surface area contributed by atoms with Gasteiger partial charge in [0.05, 0.1) is 10.2 Å². The second-order valence-corrected chi connectivity index (χ2v) is 4.56. The van der Waals surface area contributed by atoms with E-state index in [-0.39, 0.29) is 5.78 Å². The van der Waals surface area contributed by atoms with Crippen LogP contribution in [0.3, 0.4) is 0 Å². The molecule has 2 N–H and O–H groups in total. The number of benzene rings is 2. The van der Waals surface area contributed by atoms with Crippen molar-refractivity contribution in [2.24, 2.45) is 5.73 Å². The van der Waals surface area contributed by atoms with Gasteiger partial charge in [-0.15, -0.1) is 0 Å². The molecule has 0 atom stereocenters. The molecule has 3 heteroatoms. The summed E-state index contributed by atoms with van der Waals surface area (Å²) in [4.78, 5) is 12.0. The Morgan fingerprint density at radius 2 is 1.62 bits per heavy atom. The number of ketones is 1. The molecule has 0 bridgehead atoms. The summed E-state index contributed by atoms with van der Waals surface area (Å²) in [7, 11) is 0. The van der Waals surface area contributed by atoms with Crippen molar-refractivity contribution < 1.29 is 4.79 Å². The van der Waals surface area contributed by atoms with Crippen molar-refractivity contribution in [3.63, 3.8) is 0 Å². The summed E-state index contributed by atoms with van der Waals surface area (Å²) in [5.74, 6) is -0.0400. The van der Waals surface area contributed by atoms with Crippen LogP contribution in [0, 0.1) is 0 Å². The minimum atomic E-state index is -0.0400. The smallest absolute Gasteiger partial charge is 0.202 e. The van der Waals surface area contributed by atoms with E-state index in [0.29, 0.717) is 15.7 Å². The fourth-order valence-electron chi connectivity index (χ4n) is 2.11. The number of carbonyl (C=O) groups excluding carboxylic acids is 1. The molecule has 1 aliphatic carbocycles. The molecule has 78 valence electrons. The minimum Gasteiger partial charge on any atom is -0.397 e. The number of carbonyl (C=O) groups is 1. The van der Waals surface area contributed by atoms with E-state index < -0.39 is 0 Å². The van der Waals surface area contributed by atoms with Gasteiger partial charge < -0.3 is 5.73 Å². The van der Waals surface area contributed by atoms with E-state index in [9.17, 15) is 4.79 Å². The van der Waals surface area contributed by atoms with Crippen molar-refractivity contribution in [2.75, 3.05) is 0 Å². The third kappa shape index (κ3) is 1.09. The summed E-state index contributed by atoms with van der Waals surface area (Å²) < 4.78 is 0.457. The van der Waals surface area contributed by atoms with Crippen LogP contribution in [0.1, 0.15) is 15.9 Å². The van der Waals surface area contributed by atoms with Gasteiger partial charge in [0.1, 0.15) is 0 Å². The standard InChI is InChI=1S/C13H8BrNO/c14-11-12(15)8-5-1-3-7-4-2-6-9(10(7)8)13(11)16/h1-6H,15H2. The normalized spacial score (nSPS) is 14.7. The van der Waals surface area contributed by atoms with Gasteiger partial charge in [-0.3, -0.25) is 4.79 Å². The molecule has 0 amide bonds. The molecule has 2 nitrogen and oxygen atoms in total. The highest BCUT2D eigenvalue weighted by molar-refractivity contribution is 9.12. The van der Waals surface area contributed by atoms with Gasteiger partial charge in [-0.1, -0.05) is 36.4 Å². The molecular formula is C13H8BrNO. The Balaban J connectivity index is 2.57. The Morgan fingerprint density at radius 3 is 2.31 bits per heavy atom. The van der Waals surface area contributed by atoms with Gasteiger partial charge in [-0.05, 0) is 21.3 Å². The molecule has 0 heterocycles. The lowest BCUT2D eigenvalue weighted by molar-refractivity contribution is 0.104. The van der Waals surface area contributed by atoms with Crippen LogP contribution in [0.5, 0.6) is 0 Å². The van der Waals surface area contributed by atoms with Crippen LogP contribution in [0.2, 0.25) is 0 Å². The molecule has 0 saturated carbocycles. The minimum absolute atomic E-state index is 0.0400. The number of hydrogen-bond acceptors (Lipinski definition) is 2. The number of Topliss-reactive ketones (excluding diaryl/α,β-unsaturated/α-hetero) is 1. The van der Waals surface area contributed by atoms with Crippen LogP contribution in [0.15, 0.2) is 40.9 Å². The zero-order valence-corrected chi connectivity index (χ0v) is 9.91. The first-order valence-electron chi connectivity index (χ1n) is 4.92. The van der Waals surface area contributed by atoms with E-state index in [1.807, 2.05) is 36.4 Å². The molecule has 3 rings (SSSR count). The Hall–Kier alpha value is -1.61. The number of halogens is 1. The molecule has 2 aromatic rings. The van der Waals surface area contributed by atoms with Crippen LogP contribution in [0.25, 0.3) is 16.5 Å². The van der Waals surface area contributed by atoms with Gasteiger partial charge in [0.15, 0.2) is 0 Å². The first-order valence-corrected chi connectivity index (χ1v) is 5.71. The van der Waals surface area contributed by atoms with Gasteiger partial charge in [0.25, 0.3) is 0 Å². The van der Waals surface area contributed by atoms with Crippen LogP contribution in [-0.2, 0) is 0 Å². The van der Waals surface area contributed by atoms with E-state index in [4.69, 9.17) is 5.73 Å². The third-order valence-corrected chi connectivity index (χ3v) is 3.66. The van der Waals surface area contributed by atoms with E-state index in [0.717, 1.165) is 16.3 Å². The largest absolute Gasteiger partial charge is 0.397 e. The second kappa shape index (κ2) is 3.19. The molecule has 1 aliphatic rings. The van der Waals surface area contributed by atoms with Gasteiger partial charge in [0.2, 0.25) is 5.78 Å². The van der Waals surface area contributed by atoms with E-state index >= 15 is 0 Å². The average Bonchev–Trinajstić information content (AvgIpc) is 2.33. The van der Waals surface area contributed by atoms with Crippen molar-refractivity contribution in [1.29, 1.82) is 0 Å². The summed E-state index contributed by atoms with van der Waals surface area (Å²) in [6, 6.07) is 11.6. The van der Waals surface area contributed by atoms with Gasteiger partial charge in [-0.25, -0.2) is 0 Å². The zero-order chi connectivity index (χ0) is 11.3. The van der Waals surface area contributed by atoms with Gasteiger partial charge >= 0.3 is 0 Å². The lowest BCUT2D eigenvalue weighted by Crippen LogP contribution is -2.13. The molecule has 2 aromatic carbocycles. The van der Waals surface area contributed by atoms with Crippen molar-refractivity contribution in [3.8, 4) is 0 Å². The molecular weight excluding hydrogens is 266 g/mol. The van der Waals surface area contributed by atoms with E-state index in [2.05, 4.69) is 15.9 Å². The number of rotatable bonds is 0. The second-order valence-electron chi connectivity index (χ2n) is 3.77. The quantitative estimate of drug-likeness (QED) is 0.802. The molecule has 0 fully saturated rings. The Morgan fingerprint density at radius 1 is 1.00 bits per heavy atom. The Bertz CT molecular complexity index is 653. The van der Waals surface area contributed by atoms with Crippen LogP contribution in [-0.4, -0.2) is 5.78 Å². The predicted molar refractivity (Wildman–Crippen MR) is 68.3 cm³/mol. The lowest BCUT2D eigenvalue weighted by Gasteiger charge is -2.17. The van der Waals surface area contributed by atoms with Crippen LogP contribution in [0.4, 0.5) is 0 Å². The molecule has 16 heavy (non-hydrogen) atoms. The molecule has 0 spiro atoms. The molecule has 0 saturated heterocycles. The summed E-state index contributed by atoms with van der Waals surface area (Å²) in [5.41, 5.74) is 8.12. The third-order valence-electron chi connectivity index (χ3n) is 2.88. The summed E-state index contributed by atoms with van der Waals surface area (Å²) in [6.45, 7) is 0. The van der Waals surface area contributed by atoms with Crippen molar-refractivity contribution in [2.45, 2.75) is 0 Å². The highest BCUT2D eigenvalue weighted by atomic mass is 79.9. The van der Waals surface area contributed by atoms with Crippen molar-refractivity contribution in [1.82, 2.24) is 0 Å². The maximum absolute atomic E-state index is 12.0. The predicted octanol–water partition coefficient (Wildman–Crippen LogP) is 3.06. The van der Waals surface area contributed by atoms with E-state index in [1.54, 1.807) is 0 Å². The Labute approximate surface area is 101 Å². The number of nitrogens with two attached hydrogens (primary N) is 1. The zero-order valence-electron chi connectivity index (χ0n) is 8.33. The van der Waals surface area contributed by atoms with E-state index in [1.165, 1.54) is 0 Å². The highest BCUT2D eigenvalue weighted by Crippen LogP contribution is 2.35. The maximum Gasteiger partial charge on any atom is 0.202 e. The van der Waals surface area contributed by atoms with Gasteiger partial charge in [-0.2, -0.15) is 0 Å². The molecule has 0 unspecified atom stereocenters. The maximum atomic E-state index is 12.0. The molecule has 0 aliphatic heterocycles. The van der Waals surface area contributed by atoms with Crippen molar-refractivity contribution in [3.05, 3.63) is 52.0 Å². The fraction of sp³-hybridized carbons (Fsp3) is 0. The first-order chi connectivity index (χ1) is 7.70. The fourth-order valence-corrected chi connectivity index (χ4v) is 2.54. The van der Waals surface area contributed by atoms with Crippen LogP contribution < -0.4 is 5.73 Å². The average molecular weight is 274 g/mol. The van der Waals surface area contributed by atoms with Crippen LogP contribution >= 0.6 is 15.9 Å². The summed E-state index contributed by atoms with van der Waals surface area (Å²) in [6.07, 6.45) is 0. The van der Waals surface area contributed by atoms with Gasteiger partial charge in [0, 0.05) is 16.5 Å². The number of hydrogen-bond donors (Lipinski definition) is 1. The lowest BCUT2D eigenvalue weighted by atomic mass is 9.91. The summed E-state index contributed by atoms with van der Waals surface area (Å²) >= 11 is 3.26. The topological polar surface area (TPSA) is 43.1 Å². The highest BCUT2D eigenvalue weighted by Gasteiger charge is 2.24. The monoisotopic (exact) mass is 273 g/mol. The SMILES string of the molecule is NC1=C(Br)C(=O)c2cccc3cccc1c23. The Kier molecular flexibility index (Phi) is 1.91. The molecule has 0 radical (unpaired) electrons.